The smallest absolute Gasteiger partial charge is 0.152 e. The van der Waals surface area contributed by atoms with Crippen molar-refractivity contribution in [2.45, 2.75) is 13.1 Å². The van der Waals surface area contributed by atoms with Gasteiger partial charge in [0.25, 0.3) is 0 Å². The van der Waals surface area contributed by atoms with Crippen LogP contribution in [0.3, 0.4) is 0 Å². The molecule has 0 aliphatic carbocycles. The van der Waals surface area contributed by atoms with Crippen molar-refractivity contribution < 1.29 is 4.42 Å². The second kappa shape index (κ2) is 5.42. The lowest BCUT2D eigenvalue weighted by Gasteiger charge is -2.13. The van der Waals surface area contributed by atoms with E-state index in [9.17, 15) is 0 Å². The van der Waals surface area contributed by atoms with Crippen LogP contribution >= 0.6 is 11.3 Å². The Balaban J connectivity index is 1.64. The Kier molecular flexibility index (Phi) is 3.48. The molecule has 3 rings (SSSR count). The zero-order valence-corrected chi connectivity index (χ0v) is 11.5. The molecule has 3 heterocycles. The molecule has 3 aromatic rings. The molecule has 0 spiro atoms. The van der Waals surface area contributed by atoms with Crippen LogP contribution in [0.4, 0.5) is 0 Å². The summed E-state index contributed by atoms with van der Waals surface area (Å²) in [4.78, 5) is 3.60. The lowest BCUT2D eigenvalue weighted by molar-refractivity contribution is 0.291. The topological polar surface area (TPSA) is 45.1 Å². The van der Waals surface area contributed by atoms with Crippen molar-refractivity contribution in [1.29, 1.82) is 0 Å². The number of nitrogens with zero attached hydrogens (tertiary/aromatic N) is 2. The van der Waals surface area contributed by atoms with E-state index in [0.717, 1.165) is 30.3 Å². The minimum absolute atomic E-state index is 0.798. The number of furan rings is 1. The van der Waals surface area contributed by atoms with Gasteiger partial charge in [-0.3, -0.25) is 10.00 Å². The van der Waals surface area contributed by atoms with Crippen LogP contribution < -0.4 is 0 Å². The van der Waals surface area contributed by atoms with Gasteiger partial charge in [-0.25, -0.2) is 0 Å². The molecule has 3 aromatic heterocycles. The molecule has 1 N–H and O–H groups in total. The molecule has 0 aliphatic rings. The van der Waals surface area contributed by atoms with Crippen molar-refractivity contribution in [3.05, 3.63) is 52.5 Å². The largest absolute Gasteiger partial charge is 0.458 e. The van der Waals surface area contributed by atoms with Crippen LogP contribution in [0.2, 0.25) is 0 Å². The van der Waals surface area contributed by atoms with Crippen molar-refractivity contribution in [1.82, 2.24) is 15.1 Å². The summed E-state index contributed by atoms with van der Waals surface area (Å²) in [6.07, 6.45) is 1.72. The van der Waals surface area contributed by atoms with Crippen LogP contribution in [0.15, 0.2) is 46.3 Å². The zero-order valence-electron chi connectivity index (χ0n) is 10.7. The van der Waals surface area contributed by atoms with E-state index in [4.69, 9.17) is 4.42 Å². The average molecular weight is 273 g/mol. The molecule has 0 radical (unpaired) electrons. The van der Waals surface area contributed by atoms with Crippen LogP contribution in [0.5, 0.6) is 0 Å². The van der Waals surface area contributed by atoms with E-state index >= 15 is 0 Å². The highest BCUT2D eigenvalue weighted by Gasteiger charge is 2.08. The third kappa shape index (κ3) is 2.94. The summed E-state index contributed by atoms with van der Waals surface area (Å²) >= 11 is 1.78. The SMILES string of the molecule is CN(Cc1ccc(-c2ccn[nH]2)o1)Cc1cccs1. The fraction of sp³-hybridized carbons (Fsp3) is 0.214. The van der Waals surface area contributed by atoms with Crippen molar-refractivity contribution in [2.24, 2.45) is 0 Å². The molecule has 5 heteroatoms. The molecule has 4 nitrogen and oxygen atoms in total. The highest BCUT2D eigenvalue weighted by molar-refractivity contribution is 7.09. The molecule has 98 valence electrons. The van der Waals surface area contributed by atoms with Crippen LogP contribution in [-0.4, -0.2) is 22.1 Å². The van der Waals surface area contributed by atoms with Gasteiger partial charge in [-0.1, -0.05) is 6.07 Å². The van der Waals surface area contributed by atoms with Gasteiger partial charge in [-0.05, 0) is 36.7 Å². The molecule has 0 unspecified atom stereocenters. The van der Waals surface area contributed by atoms with E-state index in [1.807, 2.05) is 18.2 Å². The molecule has 0 bridgehead atoms. The molecule has 0 amide bonds. The van der Waals surface area contributed by atoms with E-state index in [-0.39, 0.29) is 0 Å². The maximum atomic E-state index is 5.81. The molecule has 0 aromatic carbocycles. The van der Waals surface area contributed by atoms with E-state index < -0.39 is 0 Å². The fourth-order valence-corrected chi connectivity index (χ4v) is 2.78. The monoisotopic (exact) mass is 273 g/mol. The molecule has 19 heavy (non-hydrogen) atoms. The van der Waals surface area contributed by atoms with E-state index in [0.29, 0.717) is 0 Å². The summed E-state index contributed by atoms with van der Waals surface area (Å²) in [5, 5.41) is 8.93. The van der Waals surface area contributed by atoms with E-state index in [2.05, 4.69) is 39.7 Å². The Morgan fingerprint density at radius 2 is 2.21 bits per heavy atom. The quantitative estimate of drug-likeness (QED) is 0.775. The van der Waals surface area contributed by atoms with Gasteiger partial charge in [0, 0.05) is 17.6 Å². The number of thiophene rings is 1. The van der Waals surface area contributed by atoms with Crippen LogP contribution in [0.1, 0.15) is 10.6 Å². The number of nitrogens with one attached hydrogen (secondary N) is 1. The minimum Gasteiger partial charge on any atom is -0.458 e. The van der Waals surface area contributed by atoms with Gasteiger partial charge in [-0.2, -0.15) is 5.10 Å². The molecular formula is C14H15N3OS. The Hall–Kier alpha value is -1.85. The van der Waals surface area contributed by atoms with E-state index in [1.165, 1.54) is 4.88 Å². The first-order chi connectivity index (χ1) is 9.31. The van der Waals surface area contributed by atoms with Crippen LogP contribution in [-0.2, 0) is 13.1 Å². The highest BCUT2D eigenvalue weighted by Crippen LogP contribution is 2.21. The third-order valence-corrected chi connectivity index (χ3v) is 3.72. The number of hydrogen-bond acceptors (Lipinski definition) is 4. The summed E-state index contributed by atoms with van der Waals surface area (Å²) in [7, 11) is 2.10. The zero-order chi connectivity index (χ0) is 13.1. The maximum absolute atomic E-state index is 5.81. The van der Waals surface area contributed by atoms with Crippen LogP contribution in [0.25, 0.3) is 11.5 Å². The first-order valence-electron chi connectivity index (χ1n) is 6.10. The summed E-state index contributed by atoms with van der Waals surface area (Å²) < 4.78 is 5.81. The molecule has 0 fully saturated rings. The van der Waals surface area contributed by atoms with Crippen molar-refractivity contribution in [3.8, 4) is 11.5 Å². The molecule has 0 saturated carbocycles. The first kappa shape index (κ1) is 12.2. The predicted molar refractivity (Wildman–Crippen MR) is 75.8 cm³/mol. The van der Waals surface area contributed by atoms with Crippen molar-refractivity contribution in [3.63, 3.8) is 0 Å². The van der Waals surface area contributed by atoms with Gasteiger partial charge in [0.1, 0.15) is 11.5 Å². The second-order valence-corrected chi connectivity index (χ2v) is 5.52. The minimum atomic E-state index is 0.798. The average Bonchev–Trinajstić information content (AvgIpc) is 3.09. The summed E-state index contributed by atoms with van der Waals surface area (Å²) in [5.74, 6) is 1.79. The summed E-state index contributed by atoms with van der Waals surface area (Å²) in [6.45, 7) is 1.74. The van der Waals surface area contributed by atoms with Crippen LogP contribution in [0, 0.1) is 0 Å². The number of hydrogen-bond donors (Lipinski definition) is 1. The van der Waals surface area contributed by atoms with Gasteiger partial charge >= 0.3 is 0 Å². The lowest BCUT2D eigenvalue weighted by atomic mass is 10.3. The molecular weight excluding hydrogens is 258 g/mol. The first-order valence-corrected chi connectivity index (χ1v) is 6.98. The molecule has 0 saturated heterocycles. The van der Waals surface area contributed by atoms with Gasteiger partial charge in [0.15, 0.2) is 5.76 Å². The second-order valence-electron chi connectivity index (χ2n) is 4.49. The Morgan fingerprint density at radius 1 is 1.26 bits per heavy atom. The number of aromatic amines is 1. The lowest BCUT2D eigenvalue weighted by Crippen LogP contribution is -2.15. The Labute approximate surface area is 115 Å². The summed E-state index contributed by atoms with van der Waals surface area (Å²) in [6, 6.07) is 10.1. The Morgan fingerprint density at radius 3 is 2.95 bits per heavy atom. The van der Waals surface area contributed by atoms with Gasteiger partial charge < -0.3 is 4.42 Å². The fourth-order valence-electron chi connectivity index (χ4n) is 1.99. The molecule has 0 aliphatic heterocycles. The van der Waals surface area contributed by atoms with Crippen molar-refractivity contribution in [2.75, 3.05) is 7.05 Å². The number of aromatic nitrogens is 2. The standard InChI is InChI=1S/C14H15N3OS/c1-17(10-12-3-2-8-19-12)9-11-4-5-14(18-11)13-6-7-15-16-13/h2-8H,9-10H2,1H3,(H,15,16). The molecule has 0 atom stereocenters. The van der Waals surface area contributed by atoms with Gasteiger partial charge in [0.05, 0.1) is 6.54 Å². The third-order valence-electron chi connectivity index (χ3n) is 2.86. The van der Waals surface area contributed by atoms with E-state index in [1.54, 1.807) is 17.5 Å². The van der Waals surface area contributed by atoms with Crippen molar-refractivity contribution >= 4 is 11.3 Å². The normalized spacial score (nSPS) is 11.3. The maximum Gasteiger partial charge on any atom is 0.152 e. The number of rotatable bonds is 5. The number of H-pyrrole nitrogens is 1. The Bertz CT molecular complexity index is 613. The van der Waals surface area contributed by atoms with Gasteiger partial charge in [0.2, 0.25) is 0 Å². The van der Waals surface area contributed by atoms with Gasteiger partial charge in [-0.15, -0.1) is 11.3 Å². The summed E-state index contributed by atoms with van der Waals surface area (Å²) in [5.41, 5.74) is 0.909. The predicted octanol–water partition coefficient (Wildman–Crippen LogP) is 3.36. The highest BCUT2D eigenvalue weighted by atomic mass is 32.1.